The Balaban J connectivity index is 2.05. The van der Waals surface area contributed by atoms with E-state index < -0.39 is 0 Å². The molecule has 1 aliphatic carbocycles. The lowest BCUT2D eigenvalue weighted by Crippen LogP contribution is -2.31. The number of amides is 1. The highest BCUT2D eigenvalue weighted by molar-refractivity contribution is 6.05. The average Bonchev–Trinajstić information content (AvgIpc) is 2.33. The minimum atomic E-state index is -0.239. The van der Waals surface area contributed by atoms with Gasteiger partial charge in [0.2, 0.25) is 0 Å². The Hall–Kier alpha value is -1.97. The largest absolute Gasteiger partial charge is 0.299 e. The molecule has 1 amide bonds. The van der Waals surface area contributed by atoms with Gasteiger partial charge in [0.25, 0.3) is 5.91 Å². The summed E-state index contributed by atoms with van der Waals surface area (Å²) >= 11 is 0. The third-order valence-corrected chi connectivity index (χ3v) is 3.36. The standard InChI is InChI=1S/C16H20N2O2/c1-11-5-4-6-12(7-11)15(20)18-17-13-8-14(19)10-16(2,3)9-13/h4-7H,8-10H2,1-3H3,(H,18,20)/b17-13+. The molecule has 1 fully saturated rings. The topological polar surface area (TPSA) is 58.5 Å². The van der Waals surface area contributed by atoms with E-state index >= 15 is 0 Å². The maximum absolute atomic E-state index is 12.0. The second kappa shape index (κ2) is 5.57. The van der Waals surface area contributed by atoms with Crippen LogP contribution in [0.5, 0.6) is 0 Å². The number of ketones is 1. The molecule has 4 nitrogen and oxygen atoms in total. The van der Waals surface area contributed by atoms with Crippen molar-refractivity contribution in [1.29, 1.82) is 0 Å². The highest BCUT2D eigenvalue weighted by atomic mass is 16.2. The molecule has 4 heteroatoms. The number of hydrazone groups is 1. The molecule has 0 radical (unpaired) electrons. The summed E-state index contributed by atoms with van der Waals surface area (Å²) in [6.45, 7) is 6.02. The number of Topliss-reactive ketones (excluding diaryl/α,β-unsaturated/α-hetero) is 1. The Labute approximate surface area is 119 Å². The van der Waals surface area contributed by atoms with Gasteiger partial charge in [-0.05, 0) is 30.9 Å². The molecule has 1 aromatic carbocycles. The van der Waals surface area contributed by atoms with Gasteiger partial charge in [0.1, 0.15) is 5.78 Å². The first-order chi connectivity index (χ1) is 9.35. The van der Waals surface area contributed by atoms with Crippen LogP contribution in [0.3, 0.4) is 0 Å². The molecular formula is C16H20N2O2. The predicted molar refractivity (Wildman–Crippen MR) is 78.7 cm³/mol. The lowest BCUT2D eigenvalue weighted by atomic mass is 9.76. The summed E-state index contributed by atoms with van der Waals surface area (Å²) in [6, 6.07) is 7.33. The van der Waals surface area contributed by atoms with E-state index in [4.69, 9.17) is 0 Å². The summed E-state index contributed by atoms with van der Waals surface area (Å²) in [4.78, 5) is 23.6. The van der Waals surface area contributed by atoms with Crippen LogP contribution in [0.25, 0.3) is 0 Å². The van der Waals surface area contributed by atoms with Crippen LogP contribution in [0.1, 0.15) is 49.0 Å². The second-order valence-electron chi connectivity index (χ2n) is 6.22. The van der Waals surface area contributed by atoms with Crippen LogP contribution < -0.4 is 5.43 Å². The van der Waals surface area contributed by atoms with Gasteiger partial charge in [-0.15, -0.1) is 0 Å². The summed E-state index contributed by atoms with van der Waals surface area (Å²) in [7, 11) is 0. The third kappa shape index (κ3) is 3.76. The minimum absolute atomic E-state index is 0.0672. The van der Waals surface area contributed by atoms with Crippen molar-refractivity contribution >= 4 is 17.4 Å². The molecule has 20 heavy (non-hydrogen) atoms. The normalized spacial score (nSPS) is 19.9. The van der Waals surface area contributed by atoms with Crippen LogP contribution in [-0.4, -0.2) is 17.4 Å². The van der Waals surface area contributed by atoms with Crippen molar-refractivity contribution < 1.29 is 9.59 Å². The molecule has 0 bridgehead atoms. The van der Waals surface area contributed by atoms with Crippen LogP contribution >= 0.6 is 0 Å². The number of benzene rings is 1. The van der Waals surface area contributed by atoms with E-state index in [0.717, 1.165) is 17.7 Å². The van der Waals surface area contributed by atoms with Gasteiger partial charge in [-0.2, -0.15) is 5.10 Å². The summed E-state index contributed by atoms with van der Waals surface area (Å²) in [5.41, 5.74) is 4.85. The van der Waals surface area contributed by atoms with E-state index in [0.29, 0.717) is 18.4 Å². The number of hydrogen-bond donors (Lipinski definition) is 1. The van der Waals surface area contributed by atoms with Gasteiger partial charge in [0.05, 0.1) is 0 Å². The van der Waals surface area contributed by atoms with Gasteiger partial charge in [0.15, 0.2) is 0 Å². The zero-order valence-corrected chi connectivity index (χ0v) is 12.2. The number of nitrogens with one attached hydrogen (secondary N) is 1. The van der Waals surface area contributed by atoms with Crippen molar-refractivity contribution in [3.05, 3.63) is 35.4 Å². The Morgan fingerprint density at radius 3 is 2.70 bits per heavy atom. The van der Waals surface area contributed by atoms with E-state index in [2.05, 4.69) is 10.5 Å². The van der Waals surface area contributed by atoms with Crippen molar-refractivity contribution in [3.63, 3.8) is 0 Å². The fourth-order valence-electron chi connectivity index (χ4n) is 2.56. The molecule has 0 aliphatic heterocycles. The molecule has 0 aromatic heterocycles. The summed E-state index contributed by atoms with van der Waals surface area (Å²) in [6.07, 6.45) is 1.67. The first-order valence-electron chi connectivity index (χ1n) is 6.80. The molecule has 0 spiro atoms. The number of nitrogens with zero attached hydrogens (tertiary/aromatic N) is 1. The second-order valence-corrected chi connectivity index (χ2v) is 6.22. The fourth-order valence-corrected chi connectivity index (χ4v) is 2.56. The molecular weight excluding hydrogens is 252 g/mol. The van der Waals surface area contributed by atoms with Crippen LogP contribution in [0.2, 0.25) is 0 Å². The van der Waals surface area contributed by atoms with Crippen molar-refractivity contribution in [2.75, 3.05) is 0 Å². The maximum Gasteiger partial charge on any atom is 0.271 e. The van der Waals surface area contributed by atoms with Crippen LogP contribution in [0.15, 0.2) is 29.4 Å². The van der Waals surface area contributed by atoms with E-state index in [1.54, 1.807) is 6.07 Å². The average molecular weight is 272 g/mol. The zero-order valence-electron chi connectivity index (χ0n) is 12.2. The van der Waals surface area contributed by atoms with E-state index in [1.807, 2.05) is 39.0 Å². The quantitative estimate of drug-likeness (QED) is 0.842. The van der Waals surface area contributed by atoms with E-state index in [1.165, 1.54) is 0 Å². The van der Waals surface area contributed by atoms with Gasteiger partial charge >= 0.3 is 0 Å². The molecule has 1 aliphatic rings. The van der Waals surface area contributed by atoms with Gasteiger partial charge in [-0.25, -0.2) is 5.43 Å². The van der Waals surface area contributed by atoms with Crippen molar-refractivity contribution in [2.45, 2.75) is 40.0 Å². The first-order valence-corrected chi connectivity index (χ1v) is 6.80. The first kappa shape index (κ1) is 14.4. The Bertz CT molecular complexity index is 574. The van der Waals surface area contributed by atoms with Gasteiger partial charge in [-0.3, -0.25) is 9.59 Å². The minimum Gasteiger partial charge on any atom is -0.299 e. The molecule has 1 aromatic rings. The number of carbonyl (C=O) groups is 2. The highest BCUT2D eigenvalue weighted by Gasteiger charge is 2.30. The molecule has 1 N–H and O–H groups in total. The number of hydrogen-bond acceptors (Lipinski definition) is 3. The fraction of sp³-hybridized carbons (Fsp3) is 0.438. The Kier molecular flexibility index (Phi) is 4.02. The third-order valence-electron chi connectivity index (χ3n) is 3.36. The number of carbonyl (C=O) groups excluding carboxylic acids is 2. The monoisotopic (exact) mass is 272 g/mol. The van der Waals surface area contributed by atoms with Gasteiger partial charge in [-0.1, -0.05) is 31.5 Å². The van der Waals surface area contributed by atoms with Crippen molar-refractivity contribution in [2.24, 2.45) is 10.5 Å². The molecule has 0 heterocycles. The lowest BCUT2D eigenvalue weighted by molar-refractivity contribution is -0.120. The Morgan fingerprint density at radius 1 is 1.30 bits per heavy atom. The molecule has 2 rings (SSSR count). The van der Waals surface area contributed by atoms with E-state index in [-0.39, 0.29) is 17.1 Å². The van der Waals surface area contributed by atoms with Crippen LogP contribution in [0, 0.1) is 12.3 Å². The van der Waals surface area contributed by atoms with Crippen LogP contribution in [0.4, 0.5) is 0 Å². The van der Waals surface area contributed by atoms with Crippen LogP contribution in [-0.2, 0) is 4.79 Å². The lowest BCUT2D eigenvalue weighted by Gasteiger charge is -2.28. The Morgan fingerprint density at radius 2 is 2.05 bits per heavy atom. The zero-order chi connectivity index (χ0) is 14.8. The summed E-state index contributed by atoms with van der Waals surface area (Å²) in [5, 5.41) is 4.13. The number of aryl methyl sites for hydroxylation is 1. The highest BCUT2D eigenvalue weighted by Crippen LogP contribution is 2.31. The SMILES string of the molecule is Cc1cccc(C(=O)N/N=C2\CC(=O)CC(C)(C)C2)c1. The molecule has 0 unspecified atom stereocenters. The molecule has 0 atom stereocenters. The molecule has 106 valence electrons. The molecule has 0 saturated heterocycles. The maximum atomic E-state index is 12.0. The van der Waals surface area contributed by atoms with Gasteiger partial charge < -0.3 is 0 Å². The van der Waals surface area contributed by atoms with Crippen molar-refractivity contribution in [1.82, 2.24) is 5.43 Å². The molecule has 1 saturated carbocycles. The smallest absolute Gasteiger partial charge is 0.271 e. The summed E-state index contributed by atoms with van der Waals surface area (Å²) in [5.74, 6) is -0.0539. The number of rotatable bonds is 2. The van der Waals surface area contributed by atoms with Crippen molar-refractivity contribution in [3.8, 4) is 0 Å². The predicted octanol–water partition coefficient (Wildman–Crippen LogP) is 2.86. The van der Waals surface area contributed by atoms with E-state index in [9.17, 15) is 9.59 Å². The summed E-state index contributed by atoms with van der Waals surface area (Å²) < 4.78 is 0. The van der Waals surface area contributed by atoms with Gasteiger partial charge in [0, 0.05) is 24.1 Å².